The average molecular weight is 404 g/mol. The fourth-order valence-electron chi connectivity index (χ4n) is 3.66. The first kappa shape index (κ1) is 20.4. The number of urea groups is 2. The number of rotatable bonds is 4. The Balaban J connectivity index is 1.62. The molecule has 2 fully saturated rings. The highest BCUT2D eigenvalue weighted by atomic mass is 19.1. The SMILES string of the molecule is C[C@@H]1CCCC[C@@H]1N1C(=O)C(=O)N(CC(=O)NC(=O)Nc2ccccc2F)C1=O. The van der Waals surface area contributed by atoms with Gasteiger partial charge in [0.1, 0.15) is 12.4 Å². The molecule has 1 aromatic rings. The zero-order valence-corrected chi connectivity index (χ0v) is 15.8. The highest BCUT2D eigenvalue weighted by Crippen LogP contribution is 2.31. The molecular formula is C19H21FN4O5. The first-order valence-electron chi connectivity index (χ1n) is 9.34. The van der Waals surface area contributed by atoms with E-state index >= 15 is 0 Å². The van der Waals surface area contributed by atoms with Crippen LogP contribution >= 0.6 is 0 Å². The van der Waals surface area contributed by atoms with E-state index < -0.39 is 42.1 Å². The molecule has 1 aromatic carbocycles. The third-order valence-electron chi connectivity index (χ3n) is 5.16. The third kappa shape index (κ3) is 4.25. The third-order valence-corrected chi connectivity index (χ3v) is 5.16. The number of halogens is 1. The molecule has 1 saturated carbocycles. The number of hydrogen-bond donors (Lipinski definition) is 2. The number of imide groups is 3. The molecule has 1 heterocycles. The zero-order valence-electron chi connectivity index (χ0n) is 15.8. The lowest BCUT2D eigenvalue weighted by atomic mass is 9.85. The number of nitrogens with one attached hydrogen (secondary N) is 2. The molecule has 154 valence electrons. The molecule has 0 radical (unpaired) electrons. The quantitative estimate of drug-likeness (QED) is 0.587. The normalized spacial score (nSPS) is 22.1. The van der Waals surface area contributed by atoms with E-state index in [1.54, 1.807) is 0 Å². The fraction of sp³-hybridized carbons (Fsp3) is 0.421. The second-order valence-corrected chi connectivity index (χ2v) is 7.16. The van der Waals surface area contributed by atoms with Crippen LogP contribution in [-0.4, -0.2) is 52.2 Å². The van der Waals surface area contributed by atoms with Gasteiger partial charge in [0.15, 0.2) is 0 Å². The average Bonchev–Trinajstić information content (AvgIpc) is 2.87. The van der Waals surface area contributed by atoms with Crippen LogP contribution in [0.4, 0.5) is 19.7 Å². The minimum Gasteiger partial charge on any atom is -0.305 e. The minimum absolute atomic E-state index is 0.0600. The highest BCUT2D eigenvalue weighted by molar-refractivity contribution is 6.45. The predicted octanol–water partition coefficient (Wildman–Crippen LogP) is 1.84. The maximum atomic E-state index is 13.5. The Morgan fingerprint density at radius 1 is 1.10 bits per heavy atom. The Kier molecular flexibility index (Phi) is 5.90. The van der Waals surface area contributed by atoms with E-state index in [0.29, 0.717) is 11.3 Å². The Hall–Kier alpha value is -3.30. The monoisotopic (exact) mass is 404 g/mol. The molecule has 9 nitrogen and oxygen atoms in total. The topological polar surface area (TPSA) is 116 Å². The molecule has 29 heavy (non-hydrogen) atoms. The first-order chi connectivity index (χ1) is 13.8. The maximum absolute atomic E-state index is 13.5. The van der Waals surface area contributed by atoms with Gasteiger partial charge in [-0.1, -0.05) is 31.9 Å². The summed E-state index contributed by atoms with van der Waals surface area (Å²) in [6, 6.07) is 3.09. The lowest BCUT2D eigenvalue weighted by molar-refractivity contribution is -0.145. The van der Waals surface area contributed by atoms with Gasteiger partial charge in [-0.05, 0) is 30.9 Å². The molecule has 0 bridgehead atoms. The molecule has 0 aromatic heterocycles. The number of nitrogens with zero attached hydrogens (tertiary/aromatic N) is 2. The van der Waals surface area contributed by atoms with E-state index in [1.165, 1.54) is 18.2 Å². The number of para-hydroxylation sites is 1. The summed E-state index contributed by atoms with van der Waals surface area (Å²) in [6.07, 6.45) is 3.28. The van der Waals surface area contributed by atoms with Crippen molar-refractivity contribution in [3.8, 4) is 0 Å². The van der Waals surface area contributed by atoms with Crippen LogP contribution in [0.5, 0.6) is 0 Å². The van der Waals surface area contributed by atoms with Crippen LogP contribution in [-0.2, 0) is 14.4 Å². The van der Waals surface area contributed by atoms with Crippen molar-refractivity contribution in [2.75, 3.05) is 11.9 Å². The summed E-state index contributed by atoms with van der Waals surface area (Å²) in [5.41, 5.74) is -0.140. The van der Waals surface area contributed by atoms with E-state index in [0.717, 1.165) is 30.2 Å². The number of amides is 7. The lowest BCUT2D eigenvalue weighted by Gasteiger charge is -2.34. The molecule has 1 saturated heterocycles. The van der Waals surface area contributed by atoms with E-state index in [4.69, 9.17) is 0 Å². The summed E-state index contributed by atoms with van der Waals surface area (Å²) in [7, 11) is 0. The van der Waals surface area contributed by atoms with Gasteiger partial charge < -0.3 is 5.32 Å². The van der Waals surface area contributed by atoms with Gasteiger partial charge in [-0.2, -0.15) is 0 Å². The van der Waals surface area contributed by atoms with Gasteiger partial charge >= 0.3 is 23.9 Å². The van der Waals surface area contributed by atoms with Crippen molar-refractivity contribution in [3.63, 3.8) is 0 Å². The Morgan fingerprint density at radius 2 is 1.79 bits per heavy atom. The molecule has 2 N–H and O–H groups in total. The van der Waals surface area contributed by atoms with Crippen molar-refractivity contribution in [2.45, 2.75) is 38.6 Å². The summed E-state index contributed by atoms with van der Waals surface area (Å²) in [5, 5.41) is 4.06. The number of carbonyl (C=O) groups excluding carboxylic acids is 5. The van der Waals surface area contributed by atoms with Crippen LogP contribution < -0.4 is 10.6 Å². The molecule has 2 atom stereocenters. The second-order valence-electron chi connectivity index (χ2n) is 7.16. The van der Waals surface area contributed by atoms with Crippen molar-refractivity contribution in [1.29, 1.82) is 0 Å². The highest BCUT2D eigenvalue weighted by Gasteiger charge is 2.49. The largest absolute Gasteiger partial charge is 0.334 e. The molecule has 3 rings (SSSR count). The zero-order chi connectivity index (χ0) is 21.1. The lowest BCUT2D eigenvalue weighted by Crippen LogP contribution is -2.47. The van der Waals surface area contributed by atoms with Crippen LogP contribution in [0.15, 0.2) is 24.3 Å². The molecule has 1 aliphatic carbocycles. The van der Waals surface area contributed by atoms with Gasteiger partial charge in [0.2, 0.25) is 5.91 Å². The minimum atomic E-state index is -1.10. The Morgan fingerprint density at radius 3 is 2.48 bits per heavy atom. The number of anilines is 1. The standard InChI is InChI=1S/C19H21FN4O5/c1-11-6-2-5-9-14(11)24-17(27)16(26)23(19(24)29)10-15(25)22-18(28)21-13-8-4-3-7-12(13)20/h3-4,7-8,11,14H,2,5-6,9-10H2,1H3,(H2,21,22,25,28)/t11-,14+/m1/s1. The summed E-state index contributed by atoms with van der Waals surface area (Å²) >= 11 is 0. The van der Waals surface area contributed by atoms with Crippen LogP contribution in [0.2, 0.25) is 0 Å². The van der Waals surface area contributed by atoms with Crippen molar-refractivity contribution < 1.29 is 28.4 Å². The van der Waals surface area contributed by atoms with E-state index in [9.17, 15) is 28.4 Å². The molecule has 0 spiro atoms. The van der Waals surface area contributed by atoms with Gasteiger partial charge in [0.25, 0.3) is 0 Å². The van der Waals surface area contributed by atoms with Gasteiger partial charge in [0, 0.05) is 6.04 Å². The van der Waals surface area contributed by atoms with Gasteiger partial charge in [-0.25, -0.2) is 18.9 Å². The second kappa shape index (κ2) is 8.38. The molecule has 10 heteroatoms. The summed E-state index contributed by atoms with van der Waals surface area (Å²) in [4.78, 5) is 62.5. The van der Waals surface area contributed by atoms with Gasteiger partial charge in [-0.15, -0.1) is 0 Å². The van der Waals surface area contributed by atoms with Crippen molar-refractivity contribution in [2.24, 2.45) is 5.92 Å². The first-order valence-corrected chi connectivity index (χ1v) is 9.34. The van der Waals surface area contributed by atoms with Crippen LogP contribution in [0, 0.1) is 11.7 Å². The van der Waals surface area contributed by atoms with E-state index in [-0.39, 0.29) is 17.6 Å². The van der Waals surface area contributed by atoms with Gasteiger partial charge in [0.05, 0.1) is 5.69 Å². The van der Waals surface area contributed by atoms with E-state index in [1.807, 2.05) is 12.2 Å². The van der Waals surface area contributed by atoms with Gasteiger partial charge in [-0.3, -0.25) is 24.6 Å². The van der Waals surface area contributed by atoms with E-state index in [2.05, 4.69) is 5.32 Å². The summed E-state index contributed by atoms with van der Waals surface area (Å²) in [6.45, 7) is 1.13. The van der Waals surface area contributed by atoms with Crippen LogP contribution in [0.1, 0.15) is 32.6 Å². The number of hydrogen-bond acceptors (Lipinski definition) is 5. The number of carbonyl (C=O) groups is 5. The predicted molar refractivity (Wildman–Crippen MR) is 98.9 cm³/mol. The summed E-state index contributed by atoms with van der Waals surface area (Å²) < 4.78 is 13.5. The van der Waals surface area contributed by atoms with Crippen molar-refractivity contribution >= 4 is 35.5 Å². The van der Waals surface area contributed by atoms with Crippen molar-refractivity contribution in [1.82, 2.24) is 15.1 Å². The fourth-order valence-corrected chi connectivity index (χ4v) is 3.66. The Labute approximate surface area is 166 Å². The molecule has 0 unspecified atom stereocenters. The van der Waals surface area contributed by atoms with Crippen LogP contribution in [0.3, 0.4) is 0 Å². The molecule has 2 aliphatic rings. The Bertz CT molecular complexity index is 874. The van der Waals surface area contributed by atoms with Crippen LogP contribution in [0.25, 0.3) is 0 Å². The smallest absolute Gasteiger partial charge is 0.305 e. The molecule has 1 aliphatic heterocycles. The summed E-state index contributed by atoms with van der Waals surface area (Å²) in [5.74, 6) is -3.67. The van der Waals surface area contributed by atoms with Crippen molar-refractivity contribution in [3.05, 3.63) is 30.1 Å². The number of benzene rings is 1. The maximum Gasteiger partial charge on any atom is 0.334 e. The molecular weight excluding hydrogens is 383 g/mol. The molecule has 7 amide bonds.